The molecule has 1 aliphatic rings. The maximum Gasteiger partial charge on any atom is 0.186 e. The molecule has 0 atom stereocenters. The van der Waals surface area contributed by atoms with Crippen LogP contribution >= 0.6 is 22.9 Å². The first-order valence-electron chi connectivity index (χ1n) is 7.54. The third kappa shape index (κ3) is 2.96. The van der Waals surface area contributed by atoms with Gasteiger partial charge in [0.25, 0.3) is 0 Å². The zero-order valence-electron chi connectivity index (χ0n) is 12.7. The Morgan fingerprint density at radius 2 is 1.83 bits per heavy atom. The minimum atomic E-state index is 0.761. The largest absolute Gasteiger partial charge is 0.353 e. The number of rotatable bonds is 2. The molecular formula is C16H16ClN5S. The van der Waals surface area contributed by atoms with Gasteiger partial charge in [0.15, 0.2) is 5.13 Å². The van der Waals surface area contributed by atoms with E-state index in [2.05, 4.69) is 19.8 Å². The molecule has 0 N–H and O–H groups in total. The summed E-state index contributed by atoms with van der Waals surface area (Å²) in [5.41, 5.74) is 2.02. The molecule has 1 saturated heterocycles. The van der Waals surface area contributed by atoms with E-state index in [0.717, 1.165) is 58.1 Å². The summed E-state index contributed by atoms with van der Waals surface area (Å²) in [6, 6.07) is 7.90. The van der Waals surface area contributed by atoms with Gasteiger partial charge in [0.1, 0.15) is 12.1 Å². The molecule has 0 amide bonds. The SMILES string of the molecule is Cc1cc(N2CCN(c3nc4ccc(Cl)cc4s3)CC2)ncn1. The van der Waals surface area contributed by atoms with Gasteiger partial charge in [-0.25, -0.2) is 15.0 Å². The molecule has 0 aliphatic carbocycles. The number of anilines is 2. The van der Waals surface area contributed by atoms with Crippen LogP contribution in [0, 0.1) is 6.92 Å². The van der Waals surface area contributed by atoms with Crippen LogP contribution in [-0.4, -0.2) is 41.1 Å². The standard InChI is InChI=1S/C16H16ClN5S/c1-11-8-15(19-10-18-11)21-4-6-22(7-5-21)16-20-13-3-2-12(17)9-14(13)23-16/h2-3,8-10H,4-7H2,1H3. The molecule has 0 saturated carbocycles. The van der Waals surface area contributed by atoms with Crippen molar-refractivity contribution in [1.82, 2.24) is 15.0 Å². The van der Waals surface area contributed by atoms with E-state index in [0.29, 0.717) is 0 Å². The second-order valence-electron chi connectivity index (χ2n) is 5.60. The molecule has 5 nitrogen and oxygen atoms in total. The lowest BCUT2D eigenvalue weighted by atomic mass is 10.3. The van der Waals surface area contributed by atoms with Crippen LogP contribution in [0.1, 0.15) is 5.69 Å². The average molecular weight is 346 g/mol. The van der Waals surface area contributed by atoms with Gasteiger partial charge in [-0.05, 0) is 25.1 Å². The van der Waals surface area contributed by atoms with Gasteiger partial charge in [-0.3, -0.25) is 0 Å². The summed E-state index contributed by atoms with van der Waals surface area (Å²) in [5, 5.41) is 1.83. The fourth-order valence-electron chi connectivity index (χ4n) is 2.76. The zero-order valence-corrected chi connectivity index (χ0v) is 14.3. The second-order valence-corrected chi connectivity index (χ2v) is 7.05. The van der Waals surface area contributed by atoms with Crippen molar-refractivity contribution < 1.29 is 0 Å². The number of nitrogens with zero attached hydrogens (tertiary/aromatic N) is 5. The molecule has 2 aromatic heterocycles. The summed E-state index contributed by atoms with van der Waals surface area (Å²) in [4.78, 5) is 17.9. The highest BCUT2D eigenvalue weighted by Gasteiger charge is 2.20. The molecule has 1 fully saturated rings. The smallest absolute Gasteiger partial charge is 0.186 e. The monoisotopic (exact) mass is 345 g/mol. The molecule has 3 heterocycles. The van der Waals surface area contributed by atoms with Crippen molar-refractivity contribution in [2.75, 3.05) is 36.0 Å². The highest BCUT2D eigenvalue weighted by Crippen LogP contribution is 2.31. The van der Waals surface area contributed by atoms with Crippen molar-refractivity contribution in [2.45, 2.75) is 6.92 Å². The first-order chi connectivity index (χ1) is 11.2. The molecule has 0 bridgehead atoms. The number of halogens is 1. The Morgan fingerprint density at radius 1 is 1.04 bits per heavy atom. The Kier molecular flexibility index (Phi) is 3.79. The first kappa shape index (κ1) is 14.7. The summed E-state index contributed by atoms with van der Waals surface area (Å²) in [6.45, 7) is 5.75. The summed E-state index contributed by atoms with van der Waals surface area (Å²) in [7, 11) is 0. The van der Waals surface area contributed by atoms with Gasteiger partial charge < -0.3 is 9.80 Å². The summed E-state index contributed by atoms with van der Waals surface area (Å²) < 4.78 is 1.14. The second kappa shape index (κ2) is 5.94. The van der Waals surface area contributed by atoms with E-state index in [4.69, 9.17) is 16.6 Å². The number of fused-ring (bicyclic) bond motifs is 1. The molecule has 23 heavy (non-hydrogen) atoms. The third-order valence-corrected chi connectivity index (χ3v) is 5.32. The van der Waals surface area contributed by atoms with Crippen molar-refractivity contribution in [3.8, 4) is 0 Å². The average Bonchev–Trinajstić information content (AvgIpc) is 2.98. The maximum atomic E-state index is 6.06. The number of piperazine rings is 1. The minimum Gasteiger partial charge on any atom is -0.353 e. The van der Waals surface area contributed by atoms with Crippen LogP contribution in [0.15, 0.2) is 30.6 Å². The van der Waals surface area contributed by atoms with Gasteiger partial charge in [0.2, 0.25) is 0 Å². The molecule has 3 aromatic rings. The number of thiazole rings is 1. The van der Waals surface area contributed by atoms with Gasteiger partial charge in [-0.15, -0.1) is 0 Å². The van der Waals surface area contributed by atoms with E-state index in [1.54, 1.807) is 17.7 Å². The summed E-state index contributed by atoms with van der Waals surface area (Å²) >= 11 is 7.76. The lowest BCUT2D eigenvalue weighted by Crippen LogP contribution is -2.46. The van der Waals surface area contributed by atoms with Crippen molar-refractivity contribution >= 4 is 44.1 Å². The number of hydrogen-bond donors (Lipinski definition) is 0. The maximum absolute atomic E-state index is 6.06. The molecule has 1 aromatic carbocycles. The number of aromatic nitrogens is 3. The van der Waals surface area contributed by atoms with E-state index in [-0.39, 0.29) is 0 Å². The van der Waals surface area contributed by atoms with E-state index < -0.39 is 0 Å². The van der Waals surface area contributed by atoms with E-state index in [1.807, 2.05) is 31.2 Å². The van der Waals surface area contributed by atoms with Gasteiger partial charge in [-0.1, -0.05) is 22.9 Å². The molecule has 0 spiro atoms. The molecule has 0 unspecified atom stereocenters. The molecule has 1 aliphatic heterocycles. The van der Waals surface area contributed by atoms with Crippen LogP contribution in [0.3, 0.4) is 0 Å². The molecule has 118 valence electrons. The van der Waals surface area contributed by atoms with Crippen molar-refractivity contribution in [3.05, 3.63) is 41.3 Å². The zero-order chi connectivity index (χ0) is 15.8. The first-order valence-corrected chi connectivity index (χ1v) is 8.73. The predicted molar refractivity (Wildman–Crippen MR) is 95.8 cm³/mol. The third-order valence-electron chi connectivity index (χ3n) is 4.00. The van der Waals surface area contributed by atoms with Gasteiger partial charge in [0, 0.05) is 43.0 Å². The van der Waals surface area contributed by atoms with Crippen LogP contribution in [0.25, 0.3) is 10.2 Å². The summed E-state index contributed by atoms with van der Waals surface area (Å²) in [6.07, 6.45) is 1.63. The van der Waals surface area contributed by atoms with Gasteiger partial charge in [-0.2, -0.15) is 0 Å². The number of benzene rings is 1. The highest BCUT2D eigenvalue weighted by atomic mass is 35.5. The minimum absolute atomic E-state index is 0.761. The Hall–Kier alpha value is -1.92. The fourth-order valence-corrected chi connectivity index (χ4v) is 4.06. The van der Waals surface area contributed by atoms with Crippen LogP contribution < -0.4 is 9.80 Å². The normalized spacial score (nSPS) is 15.4. The number of hydrogen-bond acceptors (Lipinski definition) is 6. The van der Waals surface area contributed by atoms with Crippen molar-refractivity contribution in [2.24, 2.45) is 0 Å². The van der Waals surface area contributed by atoms with Crippen LogP contribution in [0.5, 0.6) is 0 Å². The predicted octanol–water partition coefficient (Wildman–Crippen LogP) is 3.37. The fraction of sp³-hybridized carbons (Fsp3) is 0.312. The lowest BCUT2D eigenvalue weighted by molar-refractivity contribution is 0.645. The quantitative estimate of drug-likeness (QED) is 0.712. The topological polar surface area (TPSA) is 45.2 Å². The highest BCUT2D eigenvalue weighted by molar-refractivity contribution is 7.22. The number of aryl methyl sites for hydroxylation is 1. The van der Waals surface area contributed by atoms with E-state index >= 15 is 0 Å². The molecule has 4 rings (SSSR count). The molecule has 7 heteroatoms. The van der Waals surface area contributed by atoms with Crippen molar-refractivity contribution in [1.29, 1.82) is 0 Å². The van der Waals surface area contributed by atoms with Gasteiger partial charge >= 0.3 is 0 Å². The van der Waals surface area contributed by atoms with Crippen LogP contribution in [-0.2, 0) is 0 Å². The van der Waals surface area contributed by atoms with E-state index in [1.165, 1.54) is 0 Å². The van der Waals surface area contributed by atoms with Gasteiger partial charge in [0.05, 0.1) is 10.2 Å². The van der Waals surface area contributed by atoms with Crippen molar-refractivity contribution in [3.63, 3.8) is 0 Å². The Bertz CT molecular complexity index is 841. The lowest BCUT2D eigenvalue weighted by Gasteiger charge is -2.35. The van der Waals surface area contributed by atoms with E-state index in [9.17, 15) is 0 Å². The van der Waals surface area contributed by atoms with Crippen LogP contribution in [0.2, 0.25) is 5.02 Å². The Morgan fingerprint density at radius 3 is 2.61 bits per heavy atom. The Labute approximate surface area is 143 Å². The molecule has 0 radical (unpaired) electrons. The Balaban J connectivity index is 1.50. The molecular weight excluding hydrogens is 330 g/mol. The van der Waals surface area contributed by atoms with Crippen LogP contribution in [0.4, 0.5) is 10.9 Å². The summed E-state index contributed by atoms with van der Waals surface area (Å²) in [5.74, 6) is 1.01.